The summed E-state index contributed by atoms with van der Waals surface area (Å²) < 4.78 is 0. The minimum absolute atomic E-state index is 0.162. The normalized spacial score (nSPS) is 14.2. The summed E-state index contributed by atoms with van der Waals surface area (Å²) in [6.07, 6.45) is 7.33. The number of carbonyl (C=O) groups excluding carboxylic acids is 1. The molecular formula is C17H16N4OS. The van der Waals surface area contributed by atoms with E-state index in [1.165, 1.54) is 11.3 Å². The number of rotatable bonds is 7. The fraction of sp³-hybridized carbons (Fsp3) is 0.294. The Morgan fingerprint density at radius 2 is 2.04 bits per heavy atom. The predicted molar refractivity (Wildman–Crippen MR) is 90.2 cm³/mol. The second-order valence-electron chi connectivity index (χ2n) is 5.30. The van der Waals surface area contributed by atoms with Gasteiger partial charge in [0, 0.05) is 36.8 Å². The minimum atomic E-state index is -0.363. The van der Waals surface area contributed by atoms with E-state index in [1.54, 1.807) is 0 Å². The SMILES string of the molecule is C#CCCC1(CCNC(=O)c2nc(-c3ccccc3)cs2)N=N1. The largest absolute Gasteiger partial charge is 0.350 e. The molecule has 1 aliphatic rings. The summed E-state index contributed by atoms with van der Waals surface area (Å²) in [6, 6.07) is 9.80. The van der Waals surface area contributed by atoms with Crippen LogP contribution >= 0.6 is 11.3 Å². The first-order chi connectivity index (χ1) is 11.2. The number of aromatic nitrogens is 1. The van der Waals surface area contributed by atoms with Crippen molar-refractivity contribution in [2.75, 3.05) is 6.54 Å². The number of hydrogen-bond donors (Lipinski definition) is 1. The first-order valence-electron chi connectivity index (χ1n) is 7.39. The third kappa shape index (κ3) is 3.82. The lowest BCUT2D eigenvalue weighted by molar-refractivity contribution is 0.0951. The molecule has 1 amide bonds. The van der Waals surface area contributed by atoms with E-state index >= 15 is 0 Å². The molecule has 1 aliphatic heterocycles. The maximum Gasteiger partial charge on any atom is 0.280 e. The van der Waals surface area contributed by atoms with Gasteiger partial charge in [0.1, 0.15) is 0 Å². The average molecular weight is 324 g/mol. The molecule has 1 aromatic carbocycles. The van der Waals surface area contributed by atoms with Crippen LogP contribution in [0.4, 0.5) is 0 Å². The van der Waals surface area contributed by atoms with Crippen molar-refractivity contribution in [1.29, 1.82) is 0 Å². The maximum absolute atomic E-state index is 12.2. The number of carbonyl (C=O) groups is 1. The van der Waals surface area contributed by atoms with Gasteiger partial charge in [0.05, 0.1) is 5.69 Å². The topological polar surface area (TPSA) is 66.7 Å². The van der Waals surface area contributed by atoms with Crippen molar-refractivity contribution in [2.45, 2.75) is 24.9 Å². The van der Waals surface area contributed by atoms with E-state index in [9.17, 15) is 4.79 Å². The molecule has 1 aromatic heterocycles. The lowest BCUT2D eigenvalue weighted by Gasteiger charge is -2.08. The fourth-order valence-corrected chi connectivity index (χ4v) is 2.98. The summed E-state index contributed by atoms with van der Waals surface area (Å²) in [6.45, 7) is 0.511. The Morgan fingerprint density at radius 1 is 1.26 bits per heavy atom. The lowest BCUT2D eigenvalue weighted by atomic mass is 10.0. The predicted octanol–water partition coefficient (Wildman–Crippen LogP) is 3.51. The highest BCUT2D eigenvalue weighted by Crippen LogP contribution is 2.36. The number of nitrogens with one attached hydrogen (secondary N) is 1. The van der Waals surface area contributed by atoms with Gasteiger partial charge in [-0.2, -0.15) is 10.2 Å². The van der Waals surface area contributed by atoms with Crippen LogP contribution in [0.3, 0.4) is 0 Å². The van der Waals surface area contributed by atoms with Crippen molar-refractivity contribution >= 4 is 17.2 Å². The highest BCUT2D eigenvalue weighted by Gasteiger charge is 2.38. The van der Waals surface area contributed by atoms with Gasteiger partial charge in [-0.05, 0) is 0 Å². The van der Waals surface area contributed by atoms with E-state index in [4.69, 9.17) is 6.42 Å². The van der Waals surface area contributed by atoms with E-state index in [1.807, 2.05) is 35.7 Å². The van der Waals surface area contributed by atoms with Crippen molar-refractivity contribution in [3.63, 3.8) is 0 Å². The Hall–Kier alpha value is -2.52. The van der Waals surface area contributed by atoms with Crippen molar-refractivity contribution in [3.05, 3.63) is 40.7 Å². The molecule has 0 atom stereocenters. The molecule has 0 saturated heterocycles. The van der Waals surface area contributed by atoms with E-state index in [0.29, 0.717) is 24.4 Å². The number of nitrogens with zero attached hydrogens (tertiary/aromatic N) is 3. The van der Waals surface area contributed by atoms with Gasteiger partial charge in [-0.3, -0.25) is 4.79 Å². The zero-order valence-corrected chi connectivity index (χ0v) is 13.3. The Labute approximate surface area is 138 Å². The summed E-state index contributed by atoms with van der Waals surface area (Å²) in [5, 5.41) is 13.3. The lowest BCUT2D eigenvalue weighted by Crippen LogP contribution is -2.28. The second-order valence-corrected chi connectivity index (χ2v) is 6.15. The highest BCUT2D eigenvalue weighted by molar-refractivity contribution is 7.12. The maximum atomic E-state index is 12.2. The van der Waals surface area contributed by atoms with E-state index in [2.05, 4.69) is 26.4 Å². The van der Waals surface area contributed by atoms with Gasteiger partial charge in [0.2, 0.25) is 0 Å². The van der Waals surface area contributed by atoms with Gasteiger partial charge in [-0.1, -0.05) is 30.3 Å². The van der Waals surface area contributed by atoms with Crippen molar-refractivity contribution in [3.8, 4) is 23.6 Å². The Bertz CT molecular complexity index is 754. The molecule has 0 spiro atoms. The van der Waals surface area contributed by atoms with Crippen LogP contribution in [0.2, 0.25) is 0 Å². The van der Waals surface area contributed by atoms with Gasteiger partial charge in [-0.25, -0.2) is 4.98 Å². The van der Waals surface area contributed by atoms with Gasteiger partial charge in [-0.15, -0.1) is 23.7 Å². The number of terminal acetylenes is 1. The molecule has 0 radical (unpaired) electrons. The molecule has 116 valence electrons. The molecule has 23 heavy (non-hydrogen) atoms. The van der Waals surface area contributed by atoms with Gasteiger partial charge in [0.25, 0.3) is 5.91 Å². The molecule has 0 fully saturated rings. The molecule has 0 unspecified atom stereocenters. The van der Waals surface area contributed by atoms with Crippen molar-refractivity contribution in [1.82, 2.24) is 10.3 Å². The molecular weight excluding hydrogens is 308 g/mol. The molecule has 2 heterocycles. The van der Waals surface area contributed by atoms with Crippen molar-refractivity contribution < 1.29 is 4.79 Å². The van der Waals surface area contributed by atoms with Crippen LogP contribution in [0.5, 0.6) is 0 Å². The summed E-state index contributed by atoms with van der Waals surface area (Å²) in [5.74, 6) is 2.43. The Kier molecular flexibility index (Phi) is 4.49. The number of benzene rings is 1. The van der Waals surface area contributed by atoms with Crippen LogP contribution in [0.15, 0.2) is 45.9 Å². The highest BCUT2D eigenvalue weighted by atomic mass is 32.1. The summed E-state index contributed by atoms with van der Waals surface area (Å²) in [5.41, 5.74) is 1.46. The first kappa shape index (κ1) is 15.4. The third-order valence-electron chi connectivity index (χ3n) is 3.63. The Balaban J connectivity index is 1.52. The van der Waals surface area contributed by atoms with Crippen LogP contribution in [-0.2, 0) is 0 Å². The molecule has 0 bridgehead atoms. The molecule has 2 aromatic rings. The molecule has 5 nitrogen and oxygen atoms in total. The monoisotopic (exact) mass is 324 g/mol. The summed E-state index contributed by atoms with van der Waals surface area (Å²) in [7, 11) is 0. The van der Waals surface area contributed by atoms with Crippen LogP contribution in [0, 0.1) is 12.3 Å². The molecule has 0 saturated carbocycles. The fourth-order valence-electron chi connectivity index (χ4n) is 2.24. The molecule has 6 heteroatoms. The third-order valence-corrected chi connectivity index (χ3v) is 4.47. The zero-order valence-electron chi connectivity index (χ0n) is 12.5. The molecule has 3 rings (SSSR count). The number of hydrogen-bond acceptors (Lipinski definition) is 5. The summed E-state index contributed by atoms with van der Waals surface area (Å²) >= 11 is 1.34. The van der Waals surface area contributed by atoms with Gasteiger partial charge in [0.15, 0.2) is 10.7 Å². The molecule has 0 aliphatic carbocycles. The second kappa shape index (κ2) is 6.71. The van der Waals surface area contributed by atoms with E-state index in [0.717, 1.165) is 17.7 Å². The number of thiazole rings is 1. The Morgan fingerprint density at radius 3 is 2.74 bits per heavy atom. The zero-order chi connectivity index (χ0) is 16.1. The van der Waals surface area contributed by atoms with Crippen LogP contribution in [0.1, 0.15) is 29.1 Å². The van der Waals surface area contributed by atoms with Crippen LogP contribution in [0.25, 0.3) is 11.3 Å². The summed E-state index contributed by atoms with van der Waals surface area (Å²) in [4.78, 5) is 16.5. The minimum Gasteiger partial charge on any atom is -0.350 e. The quantitative estimate of drug-likeness (QED) is 0.792. The van der Waals surface area contributed by atoms with Gasteiger partial charge < -0.3 is 5.32 Å². The van der Waals surface area contributed by atoms with Crippen LogP contribution in [-0.4, -0.2) is 23.1 Å². The van der Waals surface area contributed by atoms with Gasteiger partial charge >= 0.3 is 0 Å². The first-order valence-corrected chi connectivity index (χ1v) is 8.27. The molecule has 1 N–H and O–H groups in total. The van der Waals surface area contributed by atoms with Crippen LogP contribution < -0.4 is 5.32 Å². The van der Waals surface area contributed by atoms with Crippen molar-refractivity contribution in [2.24, 2.45) is 10.2 Å². The number of amides is 1. The van der Waals surface area contributed by atoms with E-state index < -0.39 is 0 Å². The average Bonchev–Trinajstić information content (AvgIpc) is 3.17. The smallest absolute Gasteiger partial charge is 0.280 e. The van der Waals surface area contributed by atoms with E-state index in [-0.39, 0.29) is 11.6 Å². The standard InChI is InChI=1S/C17H16N4OS/c1-2-3-9-17(20-21-17)10-11-18-15(22)16-19-14(12-23-16)13-7-5-4-6-8-13/h1,4-8,12H,3,9-11H2,(H,18,22).